The van der Waals surface area contributed by atoms with E-state index in [9.17, 15) is 5.11 Å². The summed E-state index contributed by atoms with van der Waals surface area (Å²) >= 11 is 0. The van der Waals surface area contributed by atoms with Crippen molar-refractivity contribution in [2.24, 2.45) is 0 Å². The van der Waals surface area contributed by atoms with Crippen molar-refractivity contribution in [3.05, 3.63) is 89.6 Å². The second-order valence-corrected chi connectivity index (χ2v) is 8.54. The molecule has 160 valence electrons. The van der Waals surface area contributed by atoms with Crippen LogP contribution in [0.15, 0.2) is 67.1 Å². The number of pyridine rings is 1. The van der Waals surface area contributed by atoms with Crippen molar-refractivity contribution < 1.29 is 5.11 Å². The van der Waals surface area contributed by atoms with Gasteiger partial charge in [-0.25, -0.2) is 4.98 Å². The molecule has 1 aliphatic rings. The van der Waals surface area contributed by atoms with E-state index >= 15 is 0 Å². The van der Waals surface area contributed by atoms with Crippen LogP contribution in [0, 0.1) is 6.92 Å². The molecule has 4 heterocycles. The molecule has 6 nitrogen and oxygen atoms in total. The third-order valence-corrected chi connectivity index (χ3v) is 6.66. The van der Waals surface area contributed by atoms with Gasteiger partial charge in [-0.15, -0.1) is 0 Å². The Labute approximate surface area is 182 Å². The van der Waals surface area contributed by atoms with E-state index in [-0.39, 0.29) is 12.0 Å². The fourth-order valence-electron chi connectivity index (χ4n) is 4.88. The molecule has 4 aromatic rings. The zero-order valence-corrected chi connectivity index (χ0v) is 18.0. The first-order valence-corrected chi connectivity index (χ1v) is 11.0. The number of piperidine rings is 1. The molecule has 0 saturated carbocycles. The van der Waals surface area contributed by atoms with Gasteiger partial charge in [0.15, 0.2) is 0 Å². The lowest BCUT2D eigenvalue weighted by Gasteiger charge is -2.41. The summed E-state index contributed by atoms with van der Waals surface area (Å²) in [6.45, 7) is 5.63. The number of nitrogens with zero attached hydrogens (tertiary/aromatic N) is 5. The van der Waals surface area contributed by atoms with Crippen molar-refractivity contribution in [2.75, 3.05) is 19.7 Å². The van der Waals surface area contributed by atoms with Crippen molar-refractivity contribution in [2.45, 2.75) is 38.3 Å². The quantitative estimate of drug-likeness (QED) is 0.524. The van der Waals surface area contributed by atoms with E-state index in [2.05, 4.69) is 82.4 Å². The highest BCUT2D eigenvalue weighted by Gasteiger charge is 2.40. The maximum Gasteiger partial charge on any atom is 0.137 e. The van der Waals surface area contributed by atoms with E-state index in [1.807, 2.05) is 10.7 Å². The van der Waals surface area contributed by atoms with Crippen LogP contribution < -0.4 is 0 Å². The number of likely N-dealkylation sites (tertiary alicyclic amines) is 1. The number of benzene rings is 1. The molecule has 0 spiro atoms. The van der Waals surface area contributed by atoms with Crippen molar-refractivity contribution in [1.82, 2.24) is 24.1 Å². The lowest BCUT2D eigenvalue weighted by molar-refractivity contribution is 0.170. The summed E-state index contributed by atoms with van der Waals surface area (Å²) in [4.78, 5) is 7.56. The van der Waals surface area contributed by atoms with Crippen LogP contribution in [-0.2, 0) is 18.5 Å². The van der Waals surface area contributed by atoms with Gasteiger partial charge in [0.1, 0.15) is 5.65 Å². The number of aliphatic hydroxyl groups excluding tert-OH is 1. The fourth-order valence-corrected chi connectivity index (χ4v) is 4.88. The standard InChI is InChI=1S/C25H29N5O/c1-20-21(18-30(27-20)15-16-31)17-28-13-10-25(11-14-28,22-7-3-2-4-8-22)23-19-29-12-6-5-9-24(29)26-23/h2-9,12,18-19,31H,10-11,13-17H2,1H3. The van der Waals surface area contributed by atoms with Gasteiger partial charge in [0, 0.05) is 36.1 Å². The average molecular weight is 416 g/mol. The zero-order valence-electron chi connectivity index (χ0n) is 18.0. The summed E-state index contributed by atoms with van der Waals surface area (Å²) in [5.41, 5.74) is 5.74. The van der Waals surface area contributed by atoms with Gasteiger partial charge in [-0.2, -0.15) is 5.10 Å². The van der Waals surface area contributed by atoms with Crippen LogP contribution in [0.1, 0.15) is 35.4 Å². The largest absolute Gasteiger partial charge is 0.394 e. The Kier molecular flexibility index (Phi) is 5.34. The number of rotatable bonds is 6. The maximum absolute atomic E-state index is 9.19. The minimum Gasteiger partial charge on any atom is -0.394 e. The van der Waals surface area contributed by atoms with Crippen LogP contribution in [0.25, 0.3) is 5.65 Å². The molecule has 1 fully saturated rings. The van der Waals surface area contributed by atoms with Crippen molar-refractivity contribution in [3.8, 4) is 0 Å². The van der Waals surface area contributed by atoms with E-state index in [1.54, 1.807) is 0 Å². The molecule has 1 N–H and O–H groups in total. The van der Waals surface area contributed by atoms with E-state index in [1.165, 1.54) is 11.1 Å². The van der Waals surface area contributed by atoms with Gasteiger partial charge in [-0.05, 0) is 50.6 Å². The highest BCUT2D eigenvalue weighted by molar-refractivity contribution is 5.45. The molecule has 6 heteroatoms. The Bertz CT molecular complexity index is 1120. The van der Waals surface area contributed by atoms with Crippen LogP contribution in [0.3, 0.4) is 0 Å². The topological polar surface area (TPSA) is 58.6 Å². The molecule has 31 heavy (non-hydrogen) atoms. The molecule has 1 aromatic carbocycles. The first-order valence-electron chi connectivity index (χ1n) is 11.0. The third-order valence-electron chi connectivity index (χ3n) is 6.66. The molecule has 0 bridgehead atoms. The van der Waals surface area contributed by atoms with Crippen LogP contribution >= 0.6 is 0 Å². The molecule has 1 saturated heterocycles. The highest BCUT2D eigenvalue weighted by atomic mass is 16.3. The van der Waals surface area contributed by atoms with Gasteiger partial charge >= 0.3 is 0 Å². The average Bonchev–Trinajstić information content (AvgIpc) is 3.39. The van der Waals surface area contributed by atoms with Gasteiger partial charge in [0.05, 0.1) is 24.5 Å². The third kappa shape index (κ3) is 3.77. The summed E-state index contributed by atoms with van der Waals surface area (Å²) in [7, 11) is 0. The minimum atomic E-state index is -0.0695. The molecule has 0 atom stereocenters. The minimum absolute atomic E-state index is 0.0695. The van der Waals surface area contributed by atoms with Crippen LogP contribution in [0.2, 0.25) is 0 Å². The van der Waals surface area contributed by atoms with Crippen molar-refractivity contribution in [3.63, 3.8) is 0 Å². The Morgan fingerprint density at radius 3 is 2.52 bits per heavy atom. The smallest absolute Gasteiger partial charge is 0.137 e. The molecule has 0 unspecified atom stereocenters. The first-order chi connectivity index (χ1) is 15.2. The summed E-state index contributed by atoms with van der Waals surface area (Å²) in [5, 5.41) is 13.7. The van der Waals surface area contributed by atoms with Gasteiger partial charge in [0.25, 0.3) is 0 Å². The highest BCUT2D eigenvalue weighted by Crippen LogP contribution is 2.41. The summed E-state index contributed by atoms with van der Waals surface area (Å²) < 4.78 is 3.98. The second-order valence-electron chi connectivity index (χ2n) is 8.54. The molecular weight excluding hydrogens is 386 g/mol. The molecule has 1 aliphatic heterocycles. The maximum atomic E-state index is 9.19. The first kappa shape index (κ1) is 20.0. The Morgan fingerprint density at radius 2 is 1.77 bits per heavy atom. The Balaban J connectivity index is 1.41. The van der Waals surface area contributed by atoms with Gasteiger partial charge in [-0.3, -0.25) is 9.58 Å². The van der Waals surface area contributed by atoms with Crippen molar-refractivity contribution in [1.29, 1.82) is 0 Å². The fraction of sp³-hybridized carbons (Fsp3) is 0.360. The lowest BCUT2D eigenvalue weighted by atomic mass is 9.70. The van der Waals surface area contributed by atoms with Crippen LogP contribution in [0.4, 0.5) is 0 Å². The summed E-state index contributed by atoms with van der Waals surface area (Å²) in [5.74, 6) is 0. The van der Waals surface area contributed by atoms with E-state index < -0.39 is 0 Å². The van der Waals surface area contributed by atoms with E-state index in [4.69, 9.17) is 4.98 Å². The summed E-state index contributed by atoms with van der Waals surface area (Å²) in [6, 6.07) is 17.0. The molecule has 5 rings (SSSR count). The van der Waals surface area contributed by atoms with Crippen molar-refractivity contribution >= 4 is 5.65 Å². The number of imidazole rings is 1. The van der Waals surface area contributed by atoms with Gasteiger partial charge in [0.2, 0.25) is 0 Å². The second kappa shape index (κ2) is 8.29. The molecule has 0 radical (unpaired) electrons. The molecule has 0 aliphatic carbocycles. The molecular formula is C25H29N5O. The van der Waals surface area contributed by atoms with E-state index in [0.717, 1.165) is 49.5 Å². The monoisotopic (exact) mass is 415 g/mol. The van der Waals surface area contributed by atoms with Crippen LogP contribution in [-0.4, -0.2) is 48.9 Å². The van der Waals surface area contributed by atoms with Crippen LogP contribution in [0.5, 0.6) is 0 Å². The van der Waals surface area contributed by atoms with E-state index in [0.29, 0.717) is 6.54 Å². The number of aliphatic hydroxyl groups is 1. The Morgan fingerprint density at radius 1 is 1.00 bits per heavy atom. The summed E-state index contributed by atoms with van der Waals surface area (Å²) in [6.07, 6.45) is 8.43. The normalized spacial score (nSPS) is 16.7. The predicted molar refractivity (Wildman–Crippen MR) is 121 cm³/mol. The molecule has 0 amide bonds. The van der Waals surface area contributed by atoms with Gasteiger partial charge < -0.3 is 9.51 Å². The predicted octanol–water partition coefficient (Wildman–Crippen LogP) is 3.41. The molecule has 3 aromatic heterocycles. The number of aryl methyl sites for hydroxylation is 1. The number of hydrogen-bond donors (Lipinski definition) is 1. The number of aromatic nitrogens is 4. The Hall–Kier alpha value is -2.96. The zero-order chi connectivity index (χ0) is 21.3. The lowest BCUT2D eigenvalue weighted by Crippen LogP contribution is -2.43. The van der Waals surface area contributed by atoms with Gasteiger partial charge in [-0.1, -0.05) is 36.4 Å². The number of fused-ring (bicyclic) bond motifs is 1. The number of hydrogen-bond acceptors (Lipinski definition) is 4. The SMILES string of the molecule is Cc1nn(CCO)cc1CN1CCC(c2ccccc2)(c2cn3ccccc3n2)CC1.